The molecule has 0 aliphatic heterocycles. The fourth-order valence-electron chi connectivity index (χ4n) is 3.20. The minimum absolute atomic E-state index is 0.665. The molecule has 3 N–H and O–H groups in total. The molecule has 0 atom stereocenters. The third-order valence-electron chi connectivity index (χ3n) is 4.72. The number of hydrogen-bond acceptors (Lipinski definition) is 2. The van der Waals surface area contributed by atoms with Gasteiger partial charge in [0, 0.05) is 37.2 Å². The SMILES string of the molecule is CCc1cccc2c(CCNC(=NC)NCc3ccc(C#N)cc3)c[nH]c12. The average molecular weight is 359 g/mol. The lowest BCUT2D eigenvalue weighted by Gasteiger charge is -2.12. The smallest absolute Gasteiger partial charge is 0.191 e. The topological polar surface area (TPSA) is 76.0 Å². The maximum absolute atomic E-state index is 8.86. The van der Waals surface area contributed by atoms with Crippen LogP contribution in [0.15, 0.2) is 53.7 Å². The van der Waals surface area contributed by atoms with Crippen LogP contribution in [0.2, 0.25) is 0 Å². The zero-order valence-electron chi connectivity index (χ0n) is 15.8. The van der Waals surface area contributed by atoms with Crippen LogP contribution in [-0.4, -0.2) is 24.5 Å². The van der Waals surface area contributed by atoms with Gasteiger partial charge in [-0.2, -0.15) is 5.26 Å². The molecule has 0 amide bonds. The Morgan fingerprint density at radius 2 is 1.93 bits per heavy atom. The van der Waals surface area contributed by atoms with Crippen molar-refractivity contribution >= 4 is 16.9 Å². The van der Waals surface area contributed by atoms with E-state index in [1.54, 1.807) is 7.05 Å². The molecule has 138 valence electrons. The van der Waals surface area contributed by atoms with Gasteiger partial charge in [0.15, 0.2) is 5.96 Å². The number of aromatic amines is 1. The molecule has 2 aromatic carbocycles. The maximum atomic E-state index is 8.86. The minimum Gasteiger partial charge on any atom is -0.361 e. The molecule has 5 heteroatoms. The molecule has 5 nitrogen and oxygen atoms in total. The van der Waals surface area contributed by atoms with Crippen molar-refractivity contribution in [2.45, 2.75) is 26.3 Å². The number of aromatic nitrogens is 1. The molecule has 1 aromatic heterocycles. The van der Waals surface area contributed by atoms with Gasteiger partial charge in [0.2, 0.25) is 0 Å². The molecule has 0 fully saturated rings. The summed E-state index contributed by atoms with van der Waals surface area (Å²) in [7, 11) is 1.77. The van der Waals surface area contributed by atoms with Gasteiger partial charge in [0.1, 0.15) is 0 Å². The number of nitriles is 1. The summed E-state index contributed by atoms with van der Waals surface area (Å²) in [6.07, 6.45) is 4.06. The van der Waals surface area contributed by atoms with Gasteiger partial charge in [0.05, 0.1) is 11.6 Å². The second-order valence-electron chi connectivity index (χ2n) is 6.42. The summed E-state index contributed by atoms with van der Waals surface area (Å²) >= 11 is 0. The summed E-state index contributed by atoms with van der Waals surface area (Å²) in [6, 6.07) is 16.2. The number of guanidine groups is 1. The van der Waals surface area contributed by atoms with E-state index < -0.39 is 0 Å². The Morgan fingerprint density at radius 3 is 2.63 bits per heavy atom. The third-order valence-corrected chi connectivity index (χ3v) is 4.72. The molecule has 0 aliphatic carbocycles. The van der Waals surface area contributed by atoms with Crippen molar-refractivity contribution in [3.8, 4) is 6.07 Å². The maximum Gasteiger partial charge on any atom is 0.191 e. The lowest BCUT2D eigenvalue weighted by atomic mass is 10.1. The van der Waals surface area contributed by atoms with Crippen LogP contribution in [0, 0.1) is 11.3 Å². The molecule has 0 aliphatic rings. The fraction of sp³-hybridized carbons (Fsp3) is 0.273. The lowest BCUT2D eigenvalue weighted by Crippen LogP contribution is -2.37. The van der Waals surface area contributed by atoms with Gasteiger partial charge in [-0.05, 0) is 41.7 Å². The quantitative estimate of drug-likeness (QED) is 0.466. The van der Waals surface area contributed by atoms with Crippen molar-refractivity contribution in [2.24, 2.45) is 4.99 Å². The predicted molar refractivity (Wildman–Crippen MR) is 111 cm³/mol. The molecule has 1 heterocycles. The first-order valence-corrected chi connectivity index (χ1v) is 9.26. The second-order valence-corrected chi connectivity index (χ2v) is 6.42. The highest BCUT2D eigenvalue weighted by atomic mass is 15.2. The van der Waals surface area contributed by atoms with Crippen LogP contribution in [0.5, 0.6) is 0 Å². The van der Waals surface area contributed by atoms with Gasteiger partial charge in [-0.25, -0.2) is 0 Å². The van der Waals surface area contributed by atoms with Crippen molar-refractivity contribution in [1.29, 1.82) is 5.26 Å². The standard InChI is InChI=1S/C22H25N5/c1-3-18-5-4-6-20-19(15-26-21(18)20)11-12-25-22(24-2)27-14-17-9-7-16(13-23)8-10-17/h4-10,15,26H,3,11-12,14H2,1-2H3,(H2,24,25,27). The fourth-order valence-corrected chi connectivity index (χ4v) is 3.20. The Labute approximate surface area is 160 Å². The van der Waals surface area contributed by atoms with Crippen LogP contribution >= 0.6 is 0 Å². The Balaban J connectivity index is 1.53. The molecule has 0 unspecified atom stereocenters. The normalized spacial score (nSPS) is 11.4. The number of aliphatic imine (C=N–C) groups is 1. The van der Waals surface area contributed by atoms with E-state index in [9.17, 15) is 0 Å². The summed E-state index contributed by atoms with van der Waals surface area (Å²) < 4.78 is 0. The average Bonchev–Trinajstić information content (AvgIpc) is 3.14. The molecule has 0 spiro atoms. The Morgan fingerprint density at radius 1 is 1.11 bits per heavy atom. The predicted octanol–water partition coefficient (Wildman–Crippen LogP) is 3.51. The molecule has 0 saturated heterocycles. The van der Waals surface area contributed by atoms with Crippen molar-refractivity contribution in [1.82, 2.24) is 15.6 Å². The van der Waals surface area contributed by atoms with E-state index in [1.165, 1.54) is 22.0 Å². The van der Waals surface area contributed by atoms with Crippen LogP contribution in [0.4, 0.5) is 0 Å². The molecular formula is C22H25N5. The number of nitrogens with one attached hydrogen (secondary N) is 3. The number of rotatable bonds is 6. The van der Waals surface area contributed by atoms with Gasteiger partial charge >= 0.3 is 0 Å². The van der Waals surface area contributed by atoms with E-state index in [0.29, 0.717) is 12.1 Å². The molecule has 0 saturated carbocycles. The lowest BCUT2D eigenvalue weighted by molar-refractivity contribution is 0.796. The number of benzene rings is 2. The van der Waals surface area contributed by atoms with Crippen molar-refractivity contribution in [3.63, 3.8) is 0 Å². The molecular weight excluding hydrogens is 334 g/mol. The molecule has 0 radical (unpaired) electrons. The van der Waals surface area contributed by atoms with E-state index in [4.69, 9.17) is 5.26 Å². The molecule has 3 aromatic rings. The van der Waals surface area contributed by atoms with Crippen LogP contribution in [0.3, 0.4) is 0 Å². The van der Waals surface area contributed by atoms with Gasteiger partial charge in [-0.1, -0.05) is 37.3 Å². The summed E-state index contributed by atoms with van der Waals surface area (Å²) in [5.74, 6) is 0.772. The van der Waals surface area contributed by atoms with E-state index in [0.717, 1.165) is 30.9 Å². The minimum atomic E-state index is 0.665. The first-order chi connectivity index (χ1) is 13.2. The summed E-state index contributed by atoms with van der Waals surface area (Å²) in [6.45, 7) is 3.65. The van der Waals surface area contributed by atoms with Gasteiger partial charge in [-0.3, -0.25) is 4.99 Å². The van der Waals surface area contributed by atoms with Gasteiger partial charge < -0.3 is 15.6 Å². The first-order valence-electron chi connectivity index (χ1n) is 9.26. The first kappa shape index (κ1) is 18.5. The number of fused-ring (bicyclic) bond motifs is 1. The number of para-hydroxylation sites is 1. The van der Waals surface area contributed by atoms with Crippen LogP contribution in [0.1, 0.15) is 29.2 Å². The zero-order valence-corrected chi connectivity index (χ0v) is 15.8. The zero-order chi connectivity index (χ0) is 19.1. The third kappa shape index (κ3) is 4.48. The monoisotopic (exact) mass is 359 g/mol. The second kappa shape index (κ2) is 8.91. The highest BCUT2D eigenvalue weighted by molar-refractivity contribution is 5.86. The molecule has 27 heavy (non-hydrogen) atoms. The van der Waals surface area contributed by atoms with E-state index in [1.807, 2.05) is 24.3 Å². The highest BCUT2D eigenvalue weighted by Crippen LogP contribution is 2.22. The number of nitrogens with zero attached hydrogens (tertiary/aromatic N) is 2. The van der Waals surface area contributed by atoms with E-state index in [-0.39, 0.29) is 0 Å². The van der Waals surface area contributed by atoms with Gasteiger partial charge in [-0.15, -0.1) is 0 Å². The van der Waals surface area contributed by atoms with Gasteiger partial charge in [0.25, 0.3) is 0 Å². The largest absolute Gasteiger partial charge is 0.361 e. The summed E-state index contributed by atoms with van der Waals surface area (Å²) in [5, 5.41) is 16.8. The molecule has 0 bridgehead atoms. The van der Waals surface area contributed by atoms with E-state index >= 15 is 0 Å². The van der Waals surface area contributed by atoms with Crippen LogP contribution < -0.4 is 10.6 Å². The van der Waals surface area contributed by atoms with Crippen molar-refractivity contribution < 1.29 is 0 Å². The number of H-pyrrole nitrogens is 1. The summed E-state index contributed by atoms with van der Waals surface area (Å²) in [5.41, 5.74) is 5.70. The van der Waals surface area contributed by atoms with E-state index in [2.05, 4.69) is 58.0 Å². The number of aryl methyl sites for hydroxylation is 1. The Kier molecular flexibility index (Phi) is 6.11. The Hall–Kier alpha value is -3.26. The highest BCUT2D eigenvalue weighted by Gasteiger charge is 2.07. The van der Waals surface area contributed by atoms with Crippen LogP contribution in [0.25, 0.3) is 10.9 Å². The number of hydrogen-bond donors (Lipinski definition) is 3. The Bertz CT molecular complexity index is 961. The van der Waals surface area contributed by atoms with Crippen molar-refractivity contribution in [2.75, 3.05) is 13.6 Å². The van der Waals surface area contributed by atoms with Crippen molar-refractivity contribution in [3.05, 3.63) is 70.9 Å². The summed E-state index contributed by atoms with van der Waals surface area (Å²) in [4.78, 5) is 7.70. The molecule has 3 rings (SSSR count). The van der Waals surface area contributed by atoms with Crippen LogP contribution in [-0.2, 0) is 19.4 Å².